The van der Waals surface area contributed by atoms with Gasteiger partial charge in [-0.15, -0.1) is 11.8 Å². The van der Waals surface area contributed by atoms with Crippen LogP contribution >= 0.6 is 11.8 Å². The Hall–Kier alpha value is -2.03. The number of benzene rings is 3. The first-order valence-electron chi connectivity index (χ1n) is 8.58. The Morgan fingerprint density at radius 2 is 1.29 bits per heavy atom. The summed E-state index contributed by atoms with van der Waals surface area (Å²) < 4.78 is 0. The molecule has 1 N–H and O–H groups in total. The average Bonchev–Trinajstić information content (AvgIpc) is 2.97. The van der Waals surface area contributed by atoms with Gasteiger partial charge in [-0.3, -0.25) is 5.32 Å². The van der Waals surface area contributed by atoms with E-state index in [9.17, 15) is 0 Å². The Morgan fingerprint density at radius 3 is 2.00 bits per heavy atom. The summed E-state index contributed by atoms with van der Waals surface area (Å²) in [5, 5.41) is 3.97. The molecule has 3 aromatic carbocycles. The van der Waals surface area contributed by atoms with Gasteiger partial charge in [0.25, 0.3) is 0 Å². The molecule has 3 aromatic rings. The first kappa shape index (κ1) is 14.3. The summed E-state index contributed by atoms with van der Waals surface area (Å²) in [7, 11) is 0. The third kappa shape index (κ3) is 2.21. The van der Waals surface area contributed by atoms with Crippen molar-refractivity contribution in [2.75, 3.05) is 5.75 Å². The first-order chi connectivity index (χ1) is 11.9. The van der Waals surface area contributed by atoms with Crippen LogP contribution in [-0.2, 0) is 0 Å². The highest BCUT2D eigenvalue weighted by Gasteiger charge is 2.31. The maximum atomic E-state index is 3.97. The lowest BCUT2D eigenvalue weighted by atomic mass is 9.99. The predicted octanol–water partition coefficient (Wildman–Crippen LogP) is 5.58. The second-order valence-electron chi connectivity index (χ2n) is 6.50. The molecule has 0 spiro atoms. The summed E-state index contributed by atoms with van der Waals surface area (Å²) in [4.78, 5) is 1.43. The molecule has 0 amide bonds. The van der Waals surface area contributed by atoms with Crippen LogP contribution in [0, 0.1) is 0 Å². The molecule has 0 aromatic heterocycles. The lowest BCUT2D eigenvalue weighted by Crippen LogP contribution is -2.28. The van der Waals surface area contributed by atoms with Crippen molar-refractivity contribution in [2.45, 2.75) is 23.4 Å². The summed E-state index contributed by atoms with van der Waals surface area (Å²) in [6.45, 7) is 0. The van der Waals surface area contributed by atoms with Gasteiger partial charge in [0.1, 0.15) is 0 Å². The van der Waals surface area contributed by atoms with Crippen LogP contribution in [0.15, 0.2) is 77.7 Å². The SMILES string of the molecule is c1ccc2c(c1)SCC[C@@H]2NC1c2ccccc2-c2ccccc21. The zero-order chi connectivity index (χ0) is 15.9. The molecule has 1 aliphatic heterocycles. The van der Waals surface area contributed by atoms with Crippen LogP contribution in [0.3, 0.4) is 0 Å². The van der Waals surface area contributed by atoms with Crippen LogP contribution in [-0.4, -0.2) is 5.75 Å². The van der Waals surface area contributed by atoms with Gasteiger partial charge in [0.2, 0.25) is 0 Å². The third-order valence-electron chi connectivity index (χ3n) is 5.16. The van der Waals surface area contributed by atoms with Gasteiger partial charge in [0, 0.05) is 10.9 Å². The van der Waals surface area contributed by atoms with Crippen molar-refractivity contribution in [1.82, 2.24) is 5.32 Å². The van der Waals surface area contributed by atoms with Gasteiger partial charge < -0.3 is 0 Å². The molecule has 0 saturated carbocycles. The Kier molecular flexibility index (Phi) is 3.46. The van der Waals surface area contributed by atoms with Gasteiger partial charge in [0.15, 0.2) is 0 Å². The predicted molar refractivity (Wildman–Crippen MR) is 101 cm³/mol. The van der Waals surface area contributed by atoms with Crippen molar-refractivity contribution in [1.29, 1.82) is 0 Å². The number of thioether (sulfide) groups is 1. The van der Waals surface area contributed by atoms with Gasteiger partial charge in [0.05, 0.1) is 6.04 Å². The number of hydrogen-bond acceptors (Lipinski definition) is 2. The molecule has 1 heterocycles. The Morgan fingerprint density at radius 1 is 0.708 bits per heavy atom. The van der Waals surface area contributed by atoms with E-state index in [4.69, 9.17) is 0 Å². The number of hydrogen-bond donors (Lipinski definition) is 1. The van der Waals surface area contributed by atoms with Crippen LogP contribution in [0.5, 0.6) is 0 Å². The van der Waals surface area contributed by atoms with E-state index >= 15 is 0 Å². The van der Waals surface area contributed by atoms with E-state index in [1.54, 1.807) is 0 Å². The number of nitrogens with one attached hydrogen (secondary N) is 1. The summed E-state index contributed by atoms with van der Waals surface area (Å²) in [5.74, 6) is 1.19. The van der Waals surface area contributed by atoms with Gasteiger partial charge in [-0.1, -0.05) is 66.7 Å². The topological polar surface area (TPSA) is 12.0 Å². The smallest absolute Gasteiger partial charge is 0.0593 e. The summed E-state index contributed by atoms with van der Waals surface area (Å²) in [6, 6.07) is 27.2. The molecule has 5 rings (SSSR count). The molecular weight excluding hydrogens is 310 g/mol. The number of rotatable bonds is 2. The van der Waals surface area contributed by atoms with Crippen LogP contribution in [0.25, 0.3) is 11.1 Å². The lowest BCUT2D eigenvalue weighted by Gasteiger charge is -2.29. The molecule has 118 valence electrons. The summed E-state index contributed by atoms with van der Waals surface area (Å²) in [5.41, 5.74) is 7.03. The minimum Gasteiger partial charge on any atom is -0.299 e. The van der Waals surface area contributed by atoms with E-state index < -0.39 is 0 Å². The second-order valence-corrected chi connectivity index (χ2v) is 7.64. The van der Waals surface area contributed by atoms with E-state index in [1.807, 2.05) is 11.8 Å². The molecular formula is C22H19NS. The highest BCUT2D eigenvalue weighted by molar-refractivity contribution is 7.99. The maximum Gasteiger partial charge on any atom is 0.0593 e. The Bertz CT molecular complexity index is 856. The molecule has 0 fully saturated rings. The summed E-state index contributed by atoms with van der Waals surface area (Å²) in [6.07, 6.45) is 1.18. The zero-order valence-electron chi connectivity index (χ0n) is 13.4. The normalized spacial score (nSPS) is 18.8. The van der Waals surface area contributed by atoms with Gasteiger partial charge in [-0.2, -0.15) is 0 Å². The molecule has 0 unspecified atom stereocenters. The van der Waals surface area contributed by atoms with E-state index in [2.05, 4.69) is 78.1 Å². The van der Waals surface area contributed by atoms with Crippen molar-refractivity contribution in [2.24, 2.45) is 0 Å². The molecule has 0 bridgehead atoms. The fraction of sp³-hybridized carbons (Fsp3) is 0.182. The van der Waals surface area contributed by atoms with Gasteiger partial charge in [-0.25, -0.2) is 0 Å². The average molecular weight is 329 g/mol. The molecule has 1 nitrogen and oxygen atoms in total. The lowest BCUT2D eigenvalue weighted by molar-refractivity contribution is 0.472. The van der Waals surface area contributed by atoms with Crippen LogP contribution in [0.1, 0.15) is 35.2 Å². The van der Waals surface area contributed by atoms with Crippen LogP contribution in [0.2, 0.25) is 0 Å². The molecule has 2 aliphatic rings. The van der Waals surface area contributed by atoms with Crippen molar-refractivity contribution < 1.29 is 0 Å². The Labute approximate surface area is 147 Å². The molecule has 0 radical (unpaired) electrons. The van der Waals surface area contributed by atoms with E-state index in [0.29, 0.717) is 12.1 Å². The fourth-order valence-electron chi connectivity index (χ4n) is 4.05. The summed E-state index contributed by atoms with van der Waals surface area (Å²) >= 11 is 1.98. The second kappa shape index (κ2) is 5.80. The van der Waals surface area contributed by atoms with Crippen LogP contribution in [0.4, 0.5) is 0 Å². The number of fused-ring (bicyclic) bond motifs is 4. The van der Waals surface area contributed by atoms with Crippen molar-refractivity contribution in [3.05, 3.63) is 89.5 Å². The largest absolute Gasteiger partial charge is 0.299 e. The first-order valence-corrected chi connectivity index (χ1v) is 9.56. The molecule has 1 atom stereocenters. The molecule has 1 aliphatic carbocycles. The third-order valence-corrected chi connectivity index (χ3v) is 6.28. The minimum absolute atomic E-state index is 0.290. The standard InChI is InChI=1S/C22H19NS/c1-3-9-17-15(7-1)16-8-2-4-10-18(16)22(17)23-20-13-14-24-21-12-6-5-11-19(20)21/h1-12,20,22-23H,13-14H2/t20-/m0/s1. The van der Waals surface area contributed by atoms with E-state index in [-0.39, 0.29) is 0 Å². The van der Waals surface area contributed by atoms with Gasteiger partial charge in [-0.05, 0) is 46.1 Å². The fourth-order valence-corrected chi connectivity index (χ4v) is 5.18. The highest BCUT2D eigenvalue weighted by Crippen LogP contribution is 2.45. The van der Waals surface area contributed by atoms with E-state index in [0.717, 1.165) is 0 Å². The minimum atomic E-state index is 0.290. The maximum absolute atomic E-state index is 3.97. The van der Waals surface area contributed by atoms with Crippen molar-refractivity contribution >= 4 is 11.8 Å². The zero-order valence-corrected chi connectivity index (χ0v) is 14.2. The van der Waals surface area contributed by atoms with Crippen molar-refractivity contribution in [3.8, 4) is 11.1 Å². The quantitative estimate of drug-likeness (QED) is 0.658. The molecule has 0 saturated heterocycles. The molecule has 2 heteroatoms. The van der Waals surface area contributed by atoms with Crippen molar-refractivity contribution in [3.63, 3.8) is 0 Å². The highest BCUT2D eigenvalue weighted by atomic mass is 32.2. The van der Waals surface area contributed by atoms with Crippen LogP contribution < -0.4 is 5.32 Å². The molecule has 24 heavy (non-hydrogen) atoms. The van der Waals surface area contributed by atoms with E-state index in [1.165, 1.54) is 44.9 Å². The monoisotopic (exact) mass is 329 g/mol. The Balaban J connectivity index is 1.57. The van der Waals surface area contributed by atoms with Gasteiger partial charge >= 0.3 is 0 Å².